The van der Waals surface area contributed by atoms with E-state index in [4.69, 9.17) is 4.74 Å². The summed E-state index contributed by atoms with van der Waals surface area (Å²) in [5.74, 6) is 0.227. The van der Waals surface area contributed by atoms with Crippen LogP contribution in [0.5, 0.6) is 5.75 Å². The van der Waals surface area contributed by atoms with Crippen molar-refractivity contribution in [1.29, 1.82) is 0 Å². The number of hydrogen-bond acceptors (Lipinski definition) is 5. The Balaban J connectivity index is 1.84. The van der Waals surface area contributed by atoms with Gasteiger partial charge in [-0.05, 0) is 62.6 Å². The van der Waals surface area contributed by atoms with Crippen molar-refractivity contribution < 1.29 is 22.7 Å². The van der Waals surface area contributed by atoms with Crippen LogP contribution in [0.3, 0.4) is 0 Å². The summed E-state index contributed by atoms with van der Waals surface area (Å²) in [6.45, 7) is 7.07. The Bertz CT molecular complexity index is 1380. The molecule has 3 aromatic rings. The fraction of sp³-hybridized carbons (Fsp3) is 0.375. The Morgan fingerprint density at radius 3 is 2.22 bits per heavy atom. The van der Waals surface area contributed by atoms with Gasteiger partial charge in [0.2, 0.25) is 21.8 Å². The number of amides is 2. The van der Waals surface area contributed by atoms with E-state index in [1.165, 1.54) is 4.31 Å². The average molecular weight is 580 g/mol. The van der Waals surface area contributed by atoms with Crippen LogP contribution in [-0.4, -0.2) is 57.1 Å². The second-order valence-electron chi connectivity index (χ2n) is 9.98. The van der Waals surface area contributed by atoms with Crippen LogP contribution in [0.2, 0.25) is 0 Å². The number of rotatable bonds is 15. The fourth-order valence-corrected chi connectivity index (χ4v) is 5.70. The number of hydrogen-bond donors (Lipinski definition) is 1. The molecule has 0 radical (unpaired) electrons. The van der Waals surface area contributed by atoms with Crippen molar-refractivity contribution in [2.24, 2.45) is 0 Å². The summed E-state index contributed by atoms with van der Waals surface area (Å²) >= 11 is 0. The first-order valence-corrected chi connectivity index (χ1v) is 15.8. The zero-order chi connectivity index (χ0) is 29.8. The van der Waals surface area contributed by atoms with Crippen LogP contribution in [0.15, 0.2) is 78.9 Å². The summed E-state index contributed by atoms with van der Waals surface area (Å²) in [6.07, 6.45) is 1.89. The largest absolute Gasteiger partial charge is 0.494 e. The molecule has 0 aromatic heterocycles. The molecule has 3 aromatic carbocycles. The number of sulfonamides is 1. The quantitative estimate of drug-likeness (QED) is 0.281. The fourth-order valence-electron chi connectivity index (χ4n) is 4.73. The number of ether oxygens (including phenoxy) is 1. The lowest BCUT2D eigenvalue weighted by Gasteiger charge is -2.32. The molecule has 1 unspecified atom stereocenters. The van der Waals surface area contributed by atoms with Gasteiger partial charge in [0.15, 0.2) is 0 Å². The molecular formula is C32H41N3O5S. The van der Waals surface area contributed by atoms with E-state index in [9.17, 15) is 18.0 Å². The summed E-state index contributed by atoms with van der Waals surface area (Å²) in [7, 11) is -3.59. The second-order valence-corrected chi connectivity index (χ2v) is 11.9. The van der Waals surface area contributed by atoms with Gasteiger partial charge in [0.05, 0.1) is 18.6 Å². The van der Waals surface area contributed by atoms with E-state index in [0.29, 0.717) is 31.0 Å². The van der Waals surface area contributed by atoms with Gasteiger partial charge in [-0.1, -0.05) is 60.2 Å². The summed E-state index contributed by atoms with van der Waals surface area (Å²) in [6, 6.07) is 23.6. The molecule has 41 heavy (non-hydrogen) atoms. The smallest absolute Gasteiger partial charge is 0.243 e. The lowest BCUT2D eigenvalue weighted by atomic mass is 10.0. The molecule has 0 saturated heterocycles. The van der Waals surface area contributed by atoms with Crippen molar-refractivity contribution in [1.82, 2.24) is 10.2 Å². The van der Waals surface area contributed by atoms with Crippen molar-refractivity contribution in [2.45, 2.75) is 52.6 Å². The van der Waals surface area contributed by atoms with E-state index in [2.05, 4.69) is 5.32 Å². The van der Waals surface area contributed by atoms with E-state index < -0.39 is 16.1 Å². The van der Waals surface area contributed by atoms with Gasteiger partial charge in [-0.25, -0.2) is 8.42 Å². The monoisotopic (exact) mass is 579 g/mol. The highest BCUT2D eigenvalue weighted by Crippen LogP contribution is 2.23. The first-order valence-electron chi connectivity index (χ1n) is 14.0. The Kier molecular flexibility index (Phi) is 11.8. The average Bonchev–Trinajstić information content (AvgIpc) is 2.94. The Hall–Kier alpha value is -3.85. The predicted octanol–water partition coefficient (Wildman–Crippen LogP) is 4.72. The third kappa shape index (κ3) is 9.63. The van der Waals surface area contributed by atoms with Crippen molar-refractivity contribution in [3.63, 3.8) is 0 Å². The second kappa shape index (κ2) is 15.2. The van der Waals surface area contributed by atoms with E-state index >= 15 is 0 Å². The maximum Gasteiger partial charge on any atom is 0.243 e. The zero-order valence-electron chi connectivity index (χ0n) is 24.4. The number of likely N-dealkylation sites (N-methyl/N-ethyl adjacent to an activating group) is 1. The van der Waals surface area contributed by atoms with E-state index in [-0.39, 0.29) is 37.7 Å². The topological polar surface area (TPSA) is 96.0 Å². The summed E-state index contributed by atoms with van der Waals surface area (Å²) in [5.41, 5.74) is 3.44. The highest BCUT2D eigenvalue weighted by Gasteiger charge is 2.30. The van der Waals surface area contributed by atoms with Crippen LogP contribution in [0, 0.1) is 6.92 Å². The molecule has 9 heteroatoms. The van der Waals surface area contributed by atoms with Crippen LogP contribution in [0.25, 0.3) is 0 Å². The van der Waals surface area contributed by atoms with E-state index in [1.54, 1.807) is 29.2 Å². The normalized spacial score (nSPS) is 11.9. The van der Waals surface area contributed by atoms with Crippen molar-refractivity contribution >= 4 is 27.5 Å². The lowest BCUT2D eigenvalue weighted by Crippen LogP contribution is -2.50. The van der Waals surface area contributed by atoms with Gasteiger partial charge in [-0.3, -0.25) is 13.9 Å². The molecule has 3 rings (SSSR count). The molecule has 0 spiro atoms. The molecule has 2 amide bonds. The summed E-state index contributed by atoms with van der Waals surface area (Å²) in [5, 5.41) is 2.90. The minimum absolute atomic E-state index is 0.0829. The molecule has 0 aliphatic carbocycles. The molecule has 0 bridgehead atoms. The predicted molar refractivity (Wildman–Crippen MR) is 163 cm³/mol. The molecule has 1 atom stereocenters. The highest BCUT2D eigenvalue weighted by molar-refractivity contribution is 7.92. The van der Waals surface area contributed by atoms with Crippen molar-refractivity contribution in [3.05, 3.63) is 95.6 Å². The van der Waals surface area contributed by atoms with E-state index in [0.717, 1.165) is 22.9 Å². The van der Waals surface area contributed by atoms with Crippen LogP contribution < -0.4 is 14.4 Å². The first kappa shape index (κ1) is 31.7. The third-order valence-corrected chi connectivity index (χ3v) is 7.84. The zero-order valence-corrected chi connectivity index (χ0v) is 25.2. The number of nitrogens with one attached hydrogen (secondary N) is 1. The van der Waals surface area contributed by atoms with Gasteiger partial charge in [-0.15, -0.1) is 0 Å². The van der Waals surface area contributed by atoms with Crippen LogP contribution in [0.4, 0.5) is 5.69 Å². The Morgan fingerprint density at radius 1 is 0.927 bits per heavy atom. The first-order chi connectivity index (χ1) is 19.6. The Labute approximate surface area is 244 Å². The summed E-state index contributed by atoms with van der Waals surface area (Å²) in [4.78, 5) is 28.8. The summed E-state index contributed by atoms with van der Waals surface area (Å²) < 4.78 is 32.1. The molecule has 220 valence electrons. The standard InChI is InChI=1S/C32H41N3O5S/c1-5-33-32(37)30(23-26-13-8-7-9-14-26)34(24-27-15-10-12-25(3)22-27)31(36)16-11-21-35(41(4,38)39)28-17-19-29(20-18-28)40-6-2/h7-10,12-15,17-20,22,30H,5-6,11,16,21,23-24H2,1-4H3,(H,33,37). The third-order valence-electron chi connectivity index (χ3n) is 6.65. The molecule has 0 fully saturated rings. The number of nitrogens with zero attached hydrogens (tertiary/aromatic N) is 2. The van der Waals surface area contributed by atoms with Gasteiger partial charge in [0, 0.05) is 32.5 Å². The van der Waals surface area contributed by atoms with Gasteiger partial charge in [-0.2, -0.15) is 0 Å². The Morgan fingerprint density at radius 2 is 1.61 bits per heavy atom. The SMILES string of the molecule is CCNC(=O)C(Cc1ccccc1)N(Cc1cccc(C)c1)C(=O)CCCN(c1ccc(OCC)cc1)S(C)(=O)=O. The van der Waals surface area contributed by atoms with Gasteiger partial charge in [0.1, 0.15) is 11.8 Å². The number of benzene rings is 3. The van der Waals surface area contributed by atoms with Gasteiger partial charge in [0.25, 0.3) is 0 Å². The van der Waals surface area contributed by atoms with E-state index in [1.807, 2.05) is 75.4 Å². The van der Waals surface area contributed by atoms with Crippen LogP contribution in [-0.2, 0) is 32.6 Å². The minimum atomic E-state index is -3.59. The maximum atomic E-state index is 13.8. The van der Waals surface area contributed by atoms with Gasteiger partial charge < -0.3 is 15.0 Å². The molecule has 0 saturated carbocycles. The molecule has 0 heterocycles. The number of carbonyl (C=O) groups is 2. The minimum Gasteiger partial charge on any atom is -0.494 e. The van der Waals surface area contributed by atoms with Crippen molar-refractivity contribution in [2.75, 3.05) is 30.3 Å². The number of carbonyl (C=O) groups excluding carboxylic acids is 2. The maximum absolute atomic E-state index is 13.8. The number of anilines is 1. The van der Waals surface area contributed by atoms with Crippen LogP contribution in [0.1, 0.15) is 43.4 Å². The molecular weight excluding hydrogens is 538 g/mol. The molecule has 0 aliphatic heterocycles. The number of aryl methyl sites for hydroxylation is 1. The molecule has 0 aliphatic rings. The lowest BCUT2D eigenvalue weighted by molar-refractivity contribution is -0.141. The highest BCUT2D eigenvalue weighted by atomic mass is 32.2. The van der Waals surface area contributed by atoms with Gasteiger partial charge >= 0.3 is 0 Å². The molecule has 1 N–H and O–H groups in total. The molecule has 8 nitrogen and oxygen atoms in total. The van der Waals surface area contributed by atoms with Crippen molar-refractivity contribution in [3.8, 4) is 5.75 Å². The van der Waals surface area contributed by atoms with Crippen LogP contribution >= 0.6 is 0 Å².